The maximum Gasteiger partial charge on any atom is 0.318 e. The molecule has 2 rings (SSSR count). The molecular weight excluding hydrogens is 290 g/mol. The standard InChI is InChI=1S/C11H15NO7S/c1-18-9(13)3-5-20(16,17)12-4-2-7-8(6-12)11(15)19-10(7)14/h7-8H,2-6H2,1H3. The maximum absolute atomic E-state index is 12.1. The van der Waals surface area contributed by atoms with Crippen LogP contribution in [0.3, 0.4) is 0 Å². The zero-order valence-electron chi connectivity index (χ0n) is 10.9. The molecule has 20 heavy (non-hydrogen) atoms. The topological polar surface area (TPSA) is 107 Å². The van der Waals surface area contributed by atoms with Crippen molar-refractivity contribution in [2.45, 2.75) is 12.8 Å². The van der Waals surface area contributed by atoms with Crippen LogP contribution in [0.5, 0.6) is 0 Å². The molecule has 0 aromatic carbocycles. The molecular formula is C11H15NO7S. The first-order valence-corrected chi connectivity index (χ1v) is 7.76. The molecule has 8 nitrogen and oxygen atoms in total. The number of piperidine rings is 1. The molecule has 2 atom stereocenters. The molecule has 0 spiro atoms. The van der Waals surface area contributed by atoms with Crippen molar-refractivity contribution in [2.24, 2.45) is 11.8 Å². The highest BCUT2D eigenvalue weighted by Gasteiger charge is 2.49. The lowest BCUT2D eigenvalue weighted by atomic mass is 9.89. The third-order valence-electron chi connectivity index (χ3n) is 3.57. The van der Waals surface area contributed by atoms with Gasteiger partial charge in [0.15, 0.2) is 0 Å². The summed E-state index contributed by atoms with van der Waals surface area (Å²) >= 11 is 0. The molecule has 0 aromatic heterocycles. The summed E-state index contributed by atoms with van der Waals surface area (Å²) in [6.45, 7) is 0.0752. The second kappa shape index (κ2) is 5.49. The number of hydrogen-bond donors (Lipinski definition) is 0. The number of sulfonamides is 1. The highest BCUT2D eigenvalue weighted by atomic mass is 32.2. The van der Waals surface area contributed by atoms with Gasteiger partial charge in [-0.2, -0.15) is 0 Å². The Kier molecular flexibility index (Phi) is 4.09. The predicted molar refractivity (Wildman–Crippen MR) is 64.7 cm³/mol. The minimum atomic E-state index is -3.65. The van der Waals surface area contributed by atoms with Crippen molar-refractivity contribution in [1.82, 2.24) is 4.31 Å². The Balaban J connectivity index is 2.02. The number of methoxy groups -OCH3 is 1. The monoisotopic (exact) mass is 305 g/mol. The normalized spacial score (nSPS) is 27.1. The molecule has 0 amide bonds. The zero-order chi connectivity index (χ0) is 14.9. The van der Waals surface area contributed by atoms with E-state index in [0.717, 1.165) is 4.31 Å². The SMILES string of the molecule is COC(=O)CCS(=O)(=O)N1CCC2C(=O)OC(=O)C2C1. The van der Waals surface area contributed by atoms with Gasteiger partial charge in [-0.05, 0) is 6.42 Å². The lowest BCUT2D eigenvalue weighted by Crippen LogP contribution is -2.45. The Morgan fingerprint density at radius 2 is 2.00 bits per heavy atom. The summed E-state index contributed by atoms with van der Waals surface area (Å²) in [4.78, 5) is 33.8. The second-order valence-electron chi connectivity index (χ2n) is 4.74. The van der Waals surface area contributed by atoms with Crippen molar-refractivity contribution >= 4 is 27.9 Å². The molecule has 112 valence electrons. The average molecular weight is 305 g/mol. The molecule has 0 radical (unpaired) electrons. The van der Waals surface area contributed by atoms with Gasteiger partial charge in [0, 0.05) is 13.1 Å². The van der Waals surface area contributed by atoms with Gasteiger partial charge in [-0.15, -0.1) is 0 Å². The van der Waals surface area contributed by atoms with Gasteiger partial charge in [-0.25, -0.2) is 12.7 Å². The third kappa shape index (κ3) is 2.83. The molecule has 2 aliphatic rings. The first kappa shape index (κ1) is 14.9. The fourth-order valence-corrected chi connectivity index (χ4v) is 3.84. The van der Waals surface area contributed by atoms with Gasteiger partial charge >= 0.3 is 17.9 Å². The zero-order valence-corrected chi connectivity index (χ0v) is 11.7. The number of ether oxygens (including phenoxy) is 2. The Hall–Kier alpha value is -1.48. The van der Waals surface area contributed by atoms with E-state index in [1.54, 1.807) is 0 Å². The van der Waals surface area contributed by atoms with Crippen LogP contribution < -0.4 is 0 Å². The van der Waals surface area contributed by atoms with E-state index in [1.807, 2.05) is 0 Å². The summed E-state index contributed by atoms with van der Waals surface area (Å²) < 4.78 is 34.2. The Morgan fingerprint density at radius 1 is 1.35 bits per heavy atom. The molecule has 2 unspecified atom stereocenters. The van der Waals surface area contributed by atoms with E-state index in [0.29, 0.717) is 0 Å². The van der Waals surface area contributed by atoms with E-state index >= 15 is 0 Å². The molecule has 2 saturated heterocycles. The fraction of sp³-hybridized carbons (Fsp3) is 0.727. The van der Waals surface area contributed by atoms with Gasteiger partial charge < -0.3 is 9.47 Å². The van der Waals surface area contributed by atoms with Crippen LogP contribution in [-0.4, -0.2) is 56.6 Å². The smallest absolute Gasteiger partial charge is 0.318 e. The average Bonchev–Trinajstić information content (AvgIpc) is 2.71. The first-order chi connectivity index (χ1) is 9.35. The van der Waals surface area contributed by atoms with Crippen molar-refractivity contribution in [3.8, 4) is 0 Å². The summed E-state index contributed by atoms with van der Waals surface area (Å²) in [5.41, 5.74) is 0. The van der Waals surface area contributed by atoms with Crippen LogP contribution in [-0.2, 0) is 33.9 Å². The van der Waals surface area contributed by atoms with Crippen LogP contribution in [0.4, 0.5) is 0 Å². The number of hydrogen-bond acceptors (Lipinski definition) is 7. The van der Waals surface area contributed by atoms with Crippen molar-refractivity contribution < 1.29 is 32.3 Å². The van der Waals surface area contributed by atoms with Crippen LogP contribution in [0, 0.1) is 11.8 Å². The number of cyclic esters (lactones) is 2. The van der Waals surface area contributed by atoms with Gasteiger partial charge in [0.2, 0.25) is 10.0 Å². The lowest BCUT2D eigenvalue weighted by molar-refractivity contribution is -0.153. The van der Waals surface area contributed by atoms with E-state index in [4.69, 9.17) is 0 Å². The molecule has 9 heteroatoms. The number of esters is 3. The van der Waals surface area contributed by atoms with Crippen LogP contribution in [0.2, 0.25) is 0 Å². The van der Waals surface area contributed by atoms with Gasteiger partial charge in [0.1, 0.15) is 0 Å². The molecule has 0 N–H and O–H groups in total. The van der Waals surface area contributed by atoms with E-state index in [1.165, 1.54) is 7.11 Å². The van der Waals surface area contributed by atoms with E-state index < -0.39 is 39.8 Å². The summed E-state index contributed by atoms with van der Waals surface area (Å²) in [5, 5.41) is 0. The maximum atomic E-state index is 12.1. The van der Waals surface area contributed by atoms with Gasteiger partial charge in [0.05, 0.1) is 31.1 Å². The number of fused-ring (bicyclic) bond motifs is 1. The first-order valence-electron chi connectivity index (χ1n) is 6.15. The summed E-state index contributed by atoms with van der Waals surface area (Å²) in [6, 6.07) is 0. The number of carbonyl (C=O) groups excluding carboxylic acids is 3. The van der Waals surface area contributed by atoms with Crippen LogP contribution in [0.15, 0.2) is 0 Å². The Bertz CT molecular complexity index is 541. The number of carbonyl (C=O) groups is 3. The minimum absolute atomic E-state index is 0.0707. The van der Waals surface area contributed by atoms with Crippen LogP contribution in [0.25, 0.3) is 0 Å². The summed E-state index contributed by atoms with van der Waals surface area (Å²) in [7, 11) is -2.47. The molecule has 2 fully saturated rings. The van der Waals surface area contributed by atoms with Gasteiger partial charge in [-0.3, -0.25) is 14.4 Å². The van der Waals surface area contributed by atoms with E-state index in [9.17, 15) is 22.8 Å². The predicted octanol–water partition coefficient (Wildman–Crippen LogP) is -1.10. The Morgan fingerprint density at radius 3 is 2.65 bits per heavy atom. The summed E-state index contributed by atoms with van der Waals surface area (Å²) in [6.07, 6.45) is 0.0134. The molecule has 0 saturated carbocycles. The Labute approximate surface area is 116 Å². The van der Waals surface area contributed by atoms with Crippen molar-refractivity contribution in [1.29, 1.82) is 0 Å². The molecule has 0 aromatic rings. The van der Waals surface area contributed by atoms with Crippen molar-refractivity contribution in [3.05, 3.63) is 0 Å². The second-order valence-corrected chi connectivity index (χ2v) is 6.83. The van der Waals surface area contributed by atoms with Gasteiger partial charge in [0.25, 0.3) is 0 Å². The summed E-state index contributed by atoms with van der Waals surface area (Å²) in [5.74, 6) is -3.52. The molecule has 0 bridgehead atoms. The highest BCUT2D eigenvalue weighted by molar-refractivity contribution is 7.89. The van der Waals surface area contributed by atoms with E-state index in [-0.39, 0.29) is 31.7 Å². The largest absolute Gasteiger partial charge is 0.469 e. The minimum Gasteiger partial charge on any atom is -0.469 e. The van der Waals surface area contributed by atoms with Crippen LogP contribution >= 0.6 is 0 Å². The van der Waals surface area contributed by atoms with Crippen LogP contribution in [0.1, 0.15) is 12.8 Å². The van der Waals surface area contributed by atoms with Crippen molar-refractivity contribution in [2.75, 3.05) is 26.0 Å². The molecule has 2 aliphatic heterocycles. The number of nitrogens with zero attached hydrogens (tertiary/aromatic N) is 1. The van der Waals surface area contributed by atoms with Crippen molar-refractivity contribution in [3.63, 3.8) is 0 Å². The third-order valence-corrected chi connectivity index (χ3v) is 5.41. The highest BCUT2D eigenvalue weighted by Crippen LogP contribution is 2.32. The number of rotatable bonds is 4. The van der Waals surface area contributed by atoms with E-state index in [2.05, 4.69) is 9.47 Å². The lowest BCUT2D eigenvalue weighted by Gasteiger charge is -2.30. The molecule has 2 heterocycles. The van der Waals surface area contributed by atoms with Gasteiger partial charge in [-0.1, -0.05) is 0 Å². The fourth-order valence-electron chi connectivity index (χ4n) is 2.39. The quantitative estimate of drug-likeness (QED) is 0.479. The molecule has 0 aliphatic carbocycles.